The Hall–Kier alpha value is -2.44. The van der Waals surface area contributed by atoms with Crippen molar-refractivity contribution < 1.29 is 19.0 Å². The molecule has 0 aliphatic carbocycles. The molecule has 0 aliphatic rings. The van der Waals surface area contributed by atoms with Crippen LogP contribution in [0.5, 0.6) is 11.5 Å². The molecule has 0 atom stereocenters. The van der Waals surface area contributed by atoms with Gasteiger partial charge in [0.15, 0.2) is 0 Å². The van der Waals surface area contributed by atoms with Crippen LogP contribution >= 0.6 is 11.6 Å². The number of benzene rings is 2. The molecule has 0 heterocycles. The number of ether oxygens (including phenoxy) is 3. The number of rotatable bonds is 9. The molecule has 0 radical (unpaired) electrons. The molecular formula is C19H23ClN2O4. The standard InChI is InChI=1S/C19H23ClN2O4/c1-24-11-12-26-18-8-5-15(13-17(18)20)22-19(23)21-10-9-14-3-6-16(25-2)7-4-14/h3-8,13H,9-12H2,1-2H3,(H2,21,22,23). The zero-order valence-electron chi connectivity index (χ0n) is 14.9. The number of carbonyl (C=O) groups excluding carboxylic acids is 1. The topological polar surface area (TPSA) is 68.8 Å². The summed E-state index contributed by atoms with van der Waals surface area (Å²) in [6, 6.07) is 12.5. The summed E-state index contributed by atoms with van der Waals surface area (Å²) in [4.78, 5) is 12.0. The summed E-state index contributed by atoms with van der Waals surface area (Å²) in [5, 5.41) is 5.99. The van der Waals surface area contributed by atoms with Crippen molar-refractivity contribution in [1.29, 1.82) is 0 Å². The van der Waals surface area contributed by atoms with E-state index < -0.39 is 0 Å². The number of carbonyl (C=O) groups is 1. The second-order valence-electron chi connectivity index (χ2n) is 5.47. The predicted molar refractivity (Wildman–Crippen MR) is 103 cm³/mol. The van der Waals surface area contributed by atoms with E-state index in [1.807, 2.05) is 24.3 Å². The van der Waals surface area contributed by atoms with Crippen molar-refractivity contribution in [2.45, 2.75) is 6.42 Å². The number of hydrogen-bond acceptors (Lipinski definition) is 4. The molecular weight excluding hydrogens is 356 g/mol. The van der Waals surface area contributed by atoms with E-state index in [1.54, 1.807) is 32.4 Å². The number of methoxy groups -OCH3 is 2. The largest absolute Gasteiger partial charge is 0.497 e. The molecule has 0 spiro atoms. The summed E-state index contributed by atoms with van der Waals surface area (Å²) in [6.45, 7) is 1.41. The molecule has 0 unspecified atom stereocenters. The van der Waals surface area contributed by atoms with Crippen LogP contribution in [-0.4, -0.2) is 40.0 Å². The molecule has 0 saturated heterocycles. The molecule has 2 N–H and O–H groups in total. The molecule has 26 heavy (non-hydrogen) atoms. The zero-order valence-corrected chi connectivity index (χ0v) is 15.6. The molecule has 7 heteroatoms. The van der Waals surface area contributed by atoms with E-state index in [0.29, 0.717) is 36.2 Å². The molecule has 0 aliphatic heterocycles. The average molecular weight is 379 g/mol. The van der Waals surface area contributed by atoms with Crippen molar-refractivity contribution in [2.24, 2.45) is 0 Å². The van der Waals surface area contributed by atoms with Crippen molar-refractivity contribution in [3.8, 4) is 11.5 Å². The van der Waals surface area contributed by atoms with Gasteiger partial charge >= 0.3 is 6.03 Å². The van der Waals surface area contributed by atoms with Crippen molar-refractivity contribution in [3.05, 3.63) is 53.1 Å². The first-order chi connectivity index (χ1) is 12.6. The molecule has 2 rings (SSSR count). The van der Waals surface area contributed by atoms with Gasteiger partial charge in [0, 0.05) is 19.3 Å². The maximum atomic E-state index is 12.0. The summed E-state index contributed by atoms with van der Waals surface area (Å²) in [6.07, 6.45) is 0.727. The second-order valence-corrected chi connectivity index (χ2v) is 5.87. The summed E-state index contributed by atoms with van der Waals surface area (Å²) in [5.41, 5.74) is 1.71. The first-order valence-corrected chi connectivity index (χ1v) is 8.59. The van der Waals surface area contributed by atoms with Crippen molar-refractivity contribution in [2.75, 3.05) is 39.3 Å². The van der Waals surface area contributed by atoms with Crippen LogP contribution < -0.4 is 20.1 Å². The van der Waals surface area contributed by atoms with E-state index in [0.717, 1.165) is 17.7 Å². The smallest absolute Gasteiger partial charge is 0.319 e. The molecule has 0 fully saturated rings. The number of amides is 2. The minimum Gasteiger partial charge on any atom is -0.497 e. The van der Waals surface area contributed by atoms with E-state index >= 15 is 0 Å². The van der Waals surface area contributed by atoms with Crippen LogP contribution in [0.15, 0.2) is 42.5 Å². The number of anilines is 1. The molecule has 0 bridgehead atoms. The van der Waals surface area contributed by atoms with E-state index in [4.69, 9.17) is 25.8 Å². The zero-order chi connectivity index (χ0) is 18.8. The maximum absolute atomic E-state index is 12.0. The van der Waals surface area contributed by atoms with Gasteiger partial charge in [0.05, 0.1) is 18.7 Å². The highest BCUT2D eigenvalue weighted by Gasteiger charge is 2.06. The Morgan fingerprint density at radius 2 is 1.85 bits per heavy atom. The number of urea groups is 1. The minimum absolute atomic E-state index is 0.289. The lowest BCUT2D eigenvalue weighted by molar-refractivity contribution is 0.146. The van der Waals surface area contributed by atoms with Gasteiger partial charge in [-0.25, -0.2) is 4.79 Å². The van der Waals surface area contributed by atoms with Gasteiger partial charge in [0.1, 0.15) is 18.1 Å². The third kappa shape index (κ3) is 6.46. The number of halogens is 1. The maximum Gasteiger partial charge on any atom is 0.319 e. The van der Waals surface area contributed by atoms with Gasteiger partial charge < -0.3 is 24.8 Å². The van der Waals surface area contributed by atoms with E-state index in [9.17, 15) is 4.79 Å². The highest BCUT2D eigenvalue weighted by molar-refractivity contribution is 6.32. The first kappa shape index (κ1) is 19.9. The van der Waals surface area contributed by atoms with Crippen LogP contribution in [0.3, 0.4) is 0 Å². The van der Waals surface area contributed by atoms with Crippen LogP contribution in [0.25, 0.3) is 0 Å². The van der Waals surface area contributed by atoms with Crippen LogP contribution in [-0.2, 0) is 11.2 Å². The van der Waals surface area contributed by atoms with E-state index in [1.165, 1.54) is 0 Å². The Morgan fingerprint density at radius 1 is 1.08 bits per heavy atom. The van der Waals surface area contributed by atoms with Crippen molar-refractivity contribution in [3.63, 3.8) is 0 Å². The normalized spacial score (nSPS) is 10.3. The SMILES string of the molecule is COCCOc1ccc(NC(=O)NCCc2ccc(OC)cc2)cc1Cl. The quantitative estimate of drug-likeness (QED) is 0.652. The van der Waals surface area contributed by atoms with Gasteiger partial charge in [-0.1, -0.05) is 23.7 Å². The average Bonchev–Trinajstić information content (AvgIpc) is 2.64. The molecule has 2 aromatic rings. The van der Waals surface area contributed by atoms with Gasteiger partial charge in [-0.2, -0.15) is 0 Å². The van der Waals surface area contributed by atoms with Crippen LogP contribution in [0, 0.1) is 0 Å². The Bertz CT molecular complexity index is 707. The van der Waals surface area contributed by atoms with Crippen LogP contribution in [0.2, 0.25) is 5.02 Å². The van der Waals surface area contributed by atoms with Gasteiger partial charge in [-0.3, -0.25) is 0 Å². The summed E-state index contributed by atoms with van der Waals surface area (Å²) >= 11 is 6.15. The van der Waals surface area contributed by atoms with Gasteiger partial charge in [0.25, 0.3) is 0 Å². The Labute approximate surface area is 158 Å². The Morgan fingerprint density at radius 3 is 2.50 bits per heavy atom. The van der Waals surface area contributed by atoms with Gasteiger partial charge in [-0.15, -0.1) is 0 Å². The lowest BCUT2D eigenvalue weighted by atomic mass is 10.1. The Kier molecular flexibility index (Phi) is 8.05. The highest BCUT2D eigenvalue weighted by Crippen LogP contribution is 2.27. The van der Waals surface area contributed by atoms with Gasteiger partial charge in [0.2, 0.25) is 0 Å². The minimum atomic E-state index is -0.289. The van der Waals surface area contributed by atoms with Crippen LogP contribution in [0.4, 0.5) is 10.5 Å². The third-order valence-electron chi connectivity index (χ3n) is 3.59. The van der Waals surface area contributed by atoms with E-state index in [-0.39, 0.29) is 6.03 Å². The summed E-state index contributed by atoms with van der Waals surface area (Å²) in [7, 11) is 3.23. The lowest BCUT2D eigenvalue weighted by Crippen LogP contribution is -2.30. The third-order valence-corrected chi connectivity index (χ3v) is 3.89. The Balaban J connectivity index is 1.77. The fourth-order valence-electron chi connectivity index (χ4n) is 2.22. The fraction of sp³-hybridized carbons (Fsp3) is 0.316. The highest BCUT2D eigenvalue weighted by atomic mass is 35.5. The second kappa shape index (κ2) is 10.5. The molecule has 2 amide bonds. The number of nitrogens with one attached hydrogen (secondary N) is 2. The summed E-state index contributed by atoms with van der Waals surface area (Å²) in [5.74, 6) is 1.36. The molecule has 2 aromatic carbocycles. The molecule has 0 aromatic heterocycles. The molecule has 0 saturated carbocycles. The van der Waals surface area contributed by atoms with Crippen molar-refractivity contribution >= 4 is 23.3 Å². The predicted octanol–water partition coefficient (Wildman–Crippen LogP) is 3.74. The van der Waals surface area contributed by atoms with E-state index in [2.05, 4.69) is 10.6 Å². The van der Waals surface area contributed by atoms with Crippen LogP contribution in [0.1, 0.15) is 5.56 Å². The molecule has 6 nitrogen and oxygen atoms in total. The monoisotopic (exact) mass is 378 g/mol. The van der Waals surface area contributed by atoms with Crippen molar-refractivity contribution in [1.82, 2.24) is 5.32 Å². The van der Waals surface area contributed by atoms with Gasteiger partial charge in [-0.05, 0) is 42.3 Å². The fourth-order valence-corrected chi connectivity index (χ4v) is 2.45. The first-order valence-electron chi connectivity index (χ1n) is 8.21. The summed E-state index contributed by atoms with van der Waals surface area (Å²) < 4.78 is 15.5. The molecule has 140 valence electrons. The number of hydrogen-bond donors (Lipinski definition) is 2. The lowest BCUT2D eigenvalue weighted by Gasteiger charge is -2.11.